The van der Waals surface area contributed by atoms with Gasteiger partial charge in [0.15, 0.2) is 5.96 Å². The molecular weight excluding hydrogens is 456 g/mol. The molecule has 0 saturated heterocycles. The molecule has 196 valence electrons. The molecule has 8 heteroatoms. The van der Waals surface area contributed by atoms with Crippen molar-refractivity contribution >= 4 is 55.6 Å². The maximum atomic E-state index is 12.0. The van der Waals surface area contributed by atoms with Gasteiger partial charge in [0, 0.05) is 12.6 Å². The third kappa shape index (κ3) is 21.9. The van der Waals surface area contributed by atoms with E-state index in [0.717, 1.165) is 36.7 Å². The number of allylic oxidation sites excluding steroid dienone is 1. The summed E-state index contributed by atoms with van der Waals surface area (Å²) < 4.78 is 4.84. The van der Waals surface area contributed by atoms with Gasteiger partial charge in [0.25, 0.3) is 0 Å². The molecule has 0 spiro atoms. The van der Waals surface area contributed by atoms with E-state index in [9.17, 15) is 9.59 Å². The number of guanidine groups is 1. The summed E-state index contributed by atoms with van der Waals surface area (Å²) in [4.78, 5) is 23.9. The van der Waals surface area contributed by atoms with Gasteiger partial charge in [0.2, 0.25) is 0 Å². The summed E-state index contributed by atoms with van der Waals surface area (Å²) in [5.41, 5.74) is 11.9. The van der Waals surface area contributed by atoms with Gasteiger partial charge < -0.3 is 21.5 Å². The molecule has 3 atom stereocenters. The fourth-order valence-corrected chi connectivity index (χ4v) is 3.85. The summed E-state index contributed by atoms with van der Waals surface area (Å²) in [7, 11) is 0. The Morgan fingerprint density at radius 3 is 1.97 bits per heavy atom. The zero-order valence-corrected chi connectivity index (χ0v) is 21.8. The molecule has 0 fully saturated rings. The average molecular weight is 509 g/mol. The molecule has 0 heterocycles. The van der Waals surface area contributed by atoms with Gasteiger partial charge >= 0.3 is 49.7 Å². The molecule has 0 aliphatic rings. The summed E-state index contributed by atoms with van der Waals surface area (Å²) >= 11 is 0. The predicted molar refractivity (Wildman–Crippen MR) is 145 cm³/mol. The van der Waals surface area contributed by atoms with Crippen LogP contribution in [0.3, 0.4) is 0 Å². The van der Waals surface area contributed by atoms with Gasteiger partial charge in [0.1, 0.15) is 6.04 Å². The molecule has 0 saturated carbocycles. The quantitative estimate of drug-likeness (QED) is 0.0419. The number of hydrogen-bond acceptors (Lipinski definition) is 5. The van der Waals surface area contributed by atoms with Crippen molar-refractivity contribution in [2.45, 2.75) is 111 Å². The van der Waals surface area contributed by atoms with Gasteiger partial charge in [-0.2, -0.15) is 0 Å². The van der Waals surface area contributed by atoms with Crippen molar-refractivity contribution in [2.75, 3.05) is 6.54 Å². The van der Waals surface area contributed by atoms with Gasteiger partial charge in [-0.1, -0.05) is 78.2 Å². The van der Waals surface area contributed by atoms with E-state index in [1.54, 1.807) is 0 Å². The number of carbonyl (C=O) groups is 2. The second kappa shape index (κ2) is 21.6. The third-order valence-corrected chi connectivity index (χ3v) is 6.02. The van der Waals surface area contributed by atoms with Crippen LogP contribution in [0.15, 0.2) is 11.6 Å². The van der Waals surface area contributed by atoms with Crippen LogP contribution in [-0.4, -0.2) is 68.2 Å². The van der Waals surface area contributed by atoms with E-state index < -0.39 is 18.0 Å². The molecule has 0 aliphatic carbocycles. The van der Waals surface area contributed by atoms with Gasteiger partial charge in [-0.15, -0.1) is 0 Å². The van der Waals surface area contributed by atoms with Crippen molar-refractivity contribution in [3.8, 4) is 0 Å². The number of nitrogens with two attached hydrogens (primary N) is 2. The molecule has 7 nitrogen and oxygen atoms in total. The molecule has 0 radical (unpaired) electrons. The molecule has 34 heavy (non-hydrogen) atoms. The number of nitrogens with one attached hydrogen (secondary N) is 2. The normalized spacial score (nSPS) is 14.1. The summed E-state index contributed by atoms with van der Waals surface area (Å²) in [5, 5.41) is 9.70. The van der Waals surface area contributed by atoms with E-state index in [-0.39, 0.29) is 43.7 Å². The first-order valence-electron chi connectivity index (χ1n) is 12.8. The van der Waals surface area contributed by atoms with Gasteiger partial charge in [-0.25, -0.2) is 9.59 Å². The SMILES string of the molecule is C/C(=C\C(=O)OC(=O)C(N)CCCNC(=N)N)CCC[C@H](C)CCC[C@H](C)CCCC(C)C.[CaH2]. The summed E-state index contributed by atoms with van der Waals surface area (Å²) in [6.07, 6.45) is 13.2. The number of hydrogen-bond donors (Lipinski definition) is 4. The molecule has 0 bridgehead atoms. The molecule has 0 aromatic carbocycles. The minimum absolute atomic E-state index is 0. The molecule has 0 aromatic heterocycles. The number of ether oxygens (including phenoxy) is 1. The molecule has 1 unspecified atom stereocenters. The van der Waals surface area contributed by atoms with Crippen molar-refractivity contribution in [1.29, 1.82) is 5.41 Å². The number of esters is 2. The number of rotatable bonds is 18. The zero-order chi connectivity index (χ0) is 25.2. The number of carbonyl (C=O) groups excluding carboxylic acids is 2. The Balaban J connectivity index is 0. The molecular formula is C26H52CaN4O3. The van der Waals surface area contributed by atoms with Crippen LogP contribution in [0.4, 0.5) is 0 Å². The van der Waals surface area contributed by atoms with E-state index in [1.165, 1.54) is 44.6 Å². The van der Waals surface area contributed by atoms with Crippen molar-refractivity contribution in [1.82, 2.24) is 5.32 Å². The standard InChI is InChI=1S/C26H50N4O3.Ca.2H/c1-19(2)10-6-11-20(3)12-7-13-21(4)14-8-15-22(5)18-24(31)33-25(32)23(27)16-9-17-30-26(28)29;;;/h18-21,23H,6-17,27H2,1-5H3,(H4,28,29,30);;;/b22-18+;;;/t20-,21-,23?;;;/m1.../s1. The second-order valence-corrected chi connectivity index (χ2v) is 10.2. The van der Waals surface area contributed by atoms with Gasteiger partial charge in [-0.05, 0) is 50.4 Å². The topological polar surface area (TPSA) is 131 Å². The second-order valence-electron chi connectivity index (χ2n) is 10.2. The van der Waals surface area contributed by atoms with Crippen molar-refractivity contribution in [3.05, 3.63) is 11.6 Å². The van der Waals surface area contributed by atoms with Crippen LogP contribution in [0.1, 0.15) is 105 Å². The molecule has 0 aromatic rings. The Morgan fingerprint density at radius 2 is 1.44 bits per heavy atom. The van der Waals surface area contributed by atoms with Crippen LogP contribution < -0.4 is 16.8 Å². The first-order chi connectivity index (χ1) is 15.5. The predicted octanol–water partition coefficient (Wildman–Crippen LogP) is 4.12. The molecule has 0 amide bonds. The Labute approximate surface area is 238 Å². The summed E-state index contributed by atoms with van der Waals surface area (Å²) in [6.45, 7) is 11.6. The van der Waals surface area contributed by atoms with Crippen molar-refractivity contribution in [2.24, 2.45) is 29.2 Å². The maximum absolute atomic E-state index is 12.0. The van der Waals surface area contributed by atoms with Crippen LogP contribution in [0, 0.1) is 23.2 Å². The summed E-state index contributed by atoms with van der Waals surface area (Å²) in [6, 6.07) is -0.866. The van der Waals surface area contributed by atoms with E-state index in [0.29, 0.717) is 25.3 Å². The van der Waals surface area contributed by atoms with Gasteiger partial charge in [-0.3, -0.25) is 5.41 Å². The van der Waals surface area contributed by atoms with Crippen LogP contribution in [0.2, 0.25) is 0 Å². The Morgan fingerprint density at radius 1 is 0.912 bits per heavy atom. The fraction of sp³-hybridized carbons (Fsp3) is 0.808. The van der Waals surface area contributed by atoms with Crippen molar-refractivity contribution < 1.29 is 14.3 Å². The van der Waals surface area contributed by atoms with Crippen LogP contribution in [-0.2, 0) is 14.3 Å². The van der Waals surface area contributed by atoms with Crippen LogP contribution >= 0.6 is 0 Å². The molecule has 0 aliphatic heterocycles. The monoisotopic (exact) mass is 508 g/mol. The van der Waals surface area contributed by atoms with E-state index in [1.807, 2.05) is 6.92 Å². The van der Waals surface area contributed by atoms with Crippen molar-refractivity contribution in [3.63, 3.8) is 0 Å². The Kier molecular flexibility index (Phi) is 22.6. The zero-order valence-electron chi connectivity index (χ0n) is 21.8. The van der Waals surface area contributed by atoms with E-state index >= 15 is 0 Å². The molecule has 0 rings (SSSR count). The first kappa shape index (κ1) is 35.5. The first-order valence-corrected chi connectivity index (χ1v) is 12.8. The Hall–Kier alpha value is -0.630. The third-order valence-electron chi connectivity index (χ3n) is 6.02. The minimum atomic E-state index is -0.866. The summed E-state index contributed by atoms with van der Waals surface area (Å²) in [5.74, 6) is 0.804. The average Bonchev–Trinajstić information content (AvgIpc) is 2.70. The van der Waals surface area contributed by atoms with Crippen LogP contribution in [0.25, 0.3) is 0 Å². The van der Waals surface area contributed by atoms with E-state index in [4.69, 9.17) is 21.6 Å². The van der Waals surface area contributed by atoms with Gasteiger partial charge in [0.05, 0.1) is 0 Å². The van der Waals surface area contributed by atoms with Crippen LogP contribution in [0.5, 0.6) is 0 Å². The van der Waals surface area contributed by atoms with E-state index in [2.05, 4.69) is 33.0 Å². The molecule has 6 N–H and O–H groups in total. The Bertz CT molecular complexity index is 611. The fourth-order valence-electron chi connectivity index (χ4n) is 3.85.